The molecule has 8 heteroatoms. The third-order valence-electron chi connectivity index (χ3n) is 4.57. The molecule has 0 radical (unpaired) electrons. The highest BCUT2D eigenvalue weighted by atomic mass is 32.1. The van der Waals surface area contributed by atoms with Crippen molar-refractivity contribution in [1.82, 2.24) is 15.6 Å². The van der Waals surface area contributed by atoms with Crippen LogP contribution in [0.5, 0.6) is 0 Å². The van der Waals surface area contributed by atoms with Crippen LogP contribution in [0.15, 0.2) is 35.7 Å². The Kier molecular flexibility index (Phi) is 7.13. The van der Waals surface area contributed by atoms with E-state index in [0.29, 0.717) is 37.5 Å². The van der Waals surface area contributed by atoms with Crippen LogP contribution in [0, 0.1) is 5.92 Å². The molecule has 3 rings (SSSR count). The van der Waals surface area contributed by atoms with E-state index >= 15 is 0 Å². The van der Waals surface area contributed by atoms with E-state index in [-0.39, 0.29) is 17.7 Å². The molecule has 1 fully saturated rings. The number of rotatable bonds is 8. The van der Waals surface area contributed by atoms with Gasteiger partial charge in [0, 0.05) is 24.9 Å². The molecule has 0 bridgehead atoms. The highest BCUT2D eigenvalue weighted by molar-refractivity contribution is 7.13. The third kappa shape index (κ3) is 5.88. The maximum atomic E-state index is 12.2. The van der Waals surface area contributed by atoms with Crippen LogP contribution in [0.4, 0.5) is 5.13 Å². The molecule has 1 aliphatic rings. The summed E-state index contributed by atoms with van der Waals surface area (Å²) in [6, 6.07) is 10.0. The molecular formula is C20H24N4O3S. The highest BCUT2D eigenvalue weighted by Crippen LogP contribution is 2.19. The maximum Gasteiger partial charge on any atom is 0.238 e. The van der Waals surface area contributed by atoms with Crippen molar-refractivity contribution in [3.8, 4) is 0 Å². The number of carbonyl (C=O) groups is 3. The van der Waals surface area contributed by atoms with Crippen LogP contribution in [0.2, 0.25) is 0 Å². The number of thiazole rings is 1. The van der Waals surface area contributed by atoms with Crippen molar-refractivity contribution in [3.05, 3.63) is 47.0 Å². The van der Waals surface area contributed by atoms with Gasteiger partial charge in [-0.1, -0.05) is 30.3 Å². The molecule has 0 saturated carbocycles. The van der Waals surface area contributed by atoms with Gasteiger partial charge in [-0.2, -0.15) is 0 Å². The van der Waals surface area contributed by atoms with Gasteiger partial charge in [0.25, 0.3) is 0 Å². The van der Waals surface area contributed by atoms with E-state index in [1.807, 2.05) is 35.7 Å². The van der Waals surface area contributed by atoms with Crippen molar-refractivity contribution in [2.45, 2.75) is 32.1 Å². The minimum Gasteiger partial charge on any atom is -0.356 e. The van der Waals surface area contributed by atoms with Crippen LogP contribution in [-0.4, -0.2) is 35.8 Å². The topological polar surface area (TPSA) is 100 Å². The lowest BCUT2D eigenvalue weighted by Gasteiger charge is -2.20. The van der Waals surface area contributed by atoms with Gasteiger partial charge in [-0.25, -0.2) is 4.98 Å². The van der Waals surface area contributed by atoms with Crippen molar-refractivity contribution in [3.63, 3.8) is 0 Å². The van der Waals surface area contributed by atoms with Crippen LogP contribution in [0.3, 0.4) is 0 Å². The molecule has 3 N–H and O–H groups in total. The number of benzene rings is 1. The smallest absolute Gasteiger partial charge is 0.238 e. The second-order valence-corrected chi connectivity index (χ2v) is 7.56. The molecule has 3 amide bonds. The summed E-state index contributed by atoms with van der Waals surface area (Å²) in [6.07, 6.45) is 3.00. The molecule has 1 unspecified atom stereocenters. The van der Waals surface area contributed by atoms with Gasteiger partial charge in [-0.05, 0) is 31.2 Å². The second kappa shape index (κ2) is 9.98. The minimum absolute atomic E-state index is 0.0200. The number of aryl methyl sites for hydroxylation is 1. The Morgan fingerprint density at radius 2 is 2.04 bits per heavy atom. The standard InChI is InChI=1S/C20H24N4O3S/c25-17(21-12-10-14-5-2-1-3-6-14)9-8-15-13-28-20(23-15)24-19(27)16-7-4-11-22-18(16)26/h1-3,5-6,13,16H,4,7-12H2,(H,21,25)(H,22,26)(H,23,24,27). The molecular weight excluding hydrogens is 376 g/mol. The first kappa shape index (κ1) is 20.0. The number of nitrogens with one attached hydrogen (secondary N) is 3. The van der Waals surface area contributed by atoms with E-state index in [2.05, 4.69) is 20.9 Å². The zero-order valence-corrected chi connectivity index (χ0v) is 16.4. The van der Waals surface area contributed by atoms with E-state index in [1.54, 1.807) is 0 Å². The number of nitrogens with zero attached hydrogens (tertiary/aromatic N) is 1. The Bertz CT molecular complexity index is 822. The van der Waals surface area contributed by atoms with E-state index in [4.69, 9.17) is 0 Å². The van der Waals surface area contributed by atoms with Gasteiger partial charge in [-0.3, -0.25) is 14.4 Å². The summed E-state index contributed by atoms with van der Waals surface area (Å²) < 4.78 is 0. The van der Waals surface area contributed by atoms with Crippen LogP contribution >= 0.6 is 11.3 Å². The zero-order valence-electron chi connectivity index (χ0n) is 15.6. The molecule has 1 aliphatic heterocycles. The Morgan fingerprint density at radius 3 is 2.82 bits per heavy atom. The first-order valence-electron chi connectivity index (χ1n) is 9.45. The van der Waals surface area contributed by atoms with Gasteiger partial charge in [0.05, 0.1) is 5.69 Å². The predicted octanol–water partition coefficient (Wildman–Crippen LogP) is 1.90. The summed E-state index contributed by atoms with van der Waals surface area (Å²) in [4.78, 5) is 40.3. The predicted molar refractivity (Wildman–Crippen MR) is 108 cm³/mol. The fourth-order valence-electron chi connectivity index (χ4n) is 3.01. The first-order valence-corrected chi connectivity index (χ1v) is 10.3. The molecule has 2 heterocycles. The molecule has 2 aromatic rings. The Labute approximate surface area is 167 Å². The van der Waals surface area contributed by atoms with E-state index in [9.17, 15) is 14.4 Å². The summed E-state index contributed by atoms with van der Waals surface area (Å²) in [5.41, 5.74) is 1.95. The van der Waals surface area contributed by atoms with Gasteiger partial charge in [0.15, 0.2) is 5.13 Å². The monoisotopic (exact) mass is 400 g/mol. The van der Waals surface area contributed by atoms with Gasteiger partial charge < -0.3 is 16.0 Å². The zero-order chi connectivity index (χ0) is 19.8. The van der Waals surface area contributed by atoms with Crippen LogP contribution < -0.4 is 16.0 Å². The SMILES string of the molecule is O=C(CCc1csc(NC(=O)C2CCCNC2=O)n1)NCCc1ccccc1. The summed E-state index contributed by atoms with van der Waals surface area (Å²) in [6.45, 7) is 1.22. The van der Waals surface area contributed by atoms with Crippen molar-refractivity contribution in [2.75, 3.05) is 18.4 Å². The van der Waals surface area contributed by atoms with E-state index < -0.39 is 5.92 Å². The fourth-order valence-corrected chi connectivity index (χ4v) is 3.76. The van der Waals surface area contributed by atoms with Gasteiger partial charge in [0.2, 0.25) is 17.7 Å². The molecule has 1 atom stereocenters. The quantitative estimate of drug-likeness (QED) is 0.589. The van der Waals surface area contributed by atoms with Crippen molar-refractivity contribution < 1.29 is 14.4 Å². The Balaban J connectivity index is 1.38. The van der Waals surface area contributed by atoms with E-state index in [0.717, 1.165) is 18.5 Å². The van der Waals surface area contributed by atoms with Crippen molar-refractivity contribution in [2.24, 2.45) is 5.92 Å². The number of anilines is 1. The highest BCUT2D eigenvalue weighted by Gasteiger charge is 2.29. The van der Waals surface area contributed by atoms with Gasteiger partial charge in [0.1, 0.15) is 5.92 Å². The Morgan fingerprint density at radius 1 is 1.21 bits per heavy atom. The maximum absolute atomic E-state index is 12.2. The lowest BCUT2D eigenvalue weighted by Crippen LogP contribution is -2.42. The minimum atomic E-state index is -0.656. The third-order valence-corrected chi connectivity index (χ3v) is 5.38. The number of piperidine rings is 1. The van der Waals surface area contributed by atoms with Crippen molar-refractivity contribution >= 4 is 34.2 Å². The molecule has 1 aromatic carbocycles. The molecule has 1 aromatic heterocycles. The summed E-state index contributed by atoms with van der Waals surface area (Å²) in [7, 11) is 0. The molecule has 0 spiro atoms. The summed E-state index contributed by atoms with van der Waals surface area (Å²) in [5, 5.41) is 10.6. The van der Waals surface area contributed by atoms with Crippen LogP contribution in [0.1, 0.15) is 30.5 Å². The molecule has 1 saturated heterocycles. The number of amides is 3. The molecule has 7 nitrogen and oxygen atoms in total. The molecule has 148 valence electrons. The Hall–Kier alpha value is -2.74. The molecule has 28 heavy (non-hydrogen) atoms. The molecule has 0 aliphatic carbocycles. The summed E-state index contributed by atoms with van der Waals surface area (Å²) >= 11 is 1.30. The van der Waals surface area contributed by atoms with Crippen LogP contribution in [0.25, 0.3) is 0 Å². The summed E-state index contributed by atoms with van der Waals surface area (Å²) in [5.74, 6) is -1.23. The first-order chi connectivity index (χ1) is 13.6. The largest absolute Gasteiger partial charge is 0.356 e. The van der Waals surface area contributed by atoms with Gasteiger partial charge in [-0.15, -0.1) is 11.3 Å². The normalized spacial score (nSPS) is 16.3. The number of carbonyl (C=O) groups excluding carboxylic acids is 3. The number of aromatic nitrogens is 1. The lowest BCUT2D eigenvalue weighted by atomic mass is 9.98. The number of hydrogen-bond acceptors (Lipinski definition) is 5. The second-order valence-electron chi connectivity index (χ2n) is 6.70. The average Bonchev–Trinajstić information content (AvgIpc) is 3.15. The number of hydrogen-bond donors (Lipinski definition) is 3. The fraction of sp³-hybridized carbons (Fsp3) is 0.400. The van der Waals surface area contributed by atoms with E-state index in [1.165, 1.54) is 16.9 Å². The van der Waals surface area contributed by atoms with Crippen molar-refractivity contribution in [1.29, 1.82) is 0 Å². The van der Waals surface area contributed by atoms with Gasteiger partial charge >= 0.3 is 0 Å². The lowest BCUT2D eigenvalue weighted by molar-refractivity contribution is -0.134. The average molecular weight is 401 g/mol. The van der Waals surface area contributed by atoms with Crippen LogP contribution in [-0.2, 0) is 27.2 Å².